The lowest BCUT2D eigenvalue weighted by Crippen LogP contribution is -2.17. The Morgan fingerprint density at radius 2 is 1.38 bits per heavy atom. The first-order chi connectivity index (χ1) is 12.6. The average Bonchev–Trinajstić information content (AvgIpc) is 2.68. The summed E-state index contributed by atoms with van der Waals surface area (Å²) in [5.41, 5.74) is 3.32. The summed E-state index contributed by atoms with van der Waals surface area (Å²) in [6, 6.07) is 26.4. The van der Waals surface area contributed by atoms with Gasteiger partial charge >= 0.3 is 7.60 Å². The summed E-state index contributed by atoms with van der Waals surface area (Å²) in [7, 11) is -3.92. The van der Waals surface area contributed by atoms with Crippen molar-refractivity contribution in [2.24, 2.45) is 0 Å². The van der Waals surface area contributed by atoms with Crippen LogP contribution in [0, 0.1) is 0 Å². The van der Waals surface area contributed by atoms with Gasteiger partial charge in [-0.1, -0.05) is 84.9 Å². The van der Waals surface area contributed by atoms with Gasteiger partial charge in [-0.2, -0.15) is 0 Å². The van der Waals surface area contributed by atoms with E-state index in [2.05, 4.69) is 0 Å². The molecule has 1 aliphatic heterocycles. The summed E-state index contributed by atoms with van der Waals surface area (Å²) in [4.78, 5) is 10.4. The SMILES string of the molecule is O=P1(O)OC(c2ccccc2)=C(/C=C/c2ccccc2)c2ccccc21. The first-order valence-electron chi connectivity index (χ1n) is 8.30. The highest BCUT2D eigenvalue weighted by atomic mass is 31.2. The van der Waals surface area contributed by atoms with Crippen LogP contribution >= 0.6 is 7.60 Å². The van der Waals surface area contributed by atoms with Crippen molar-refractivity contribution in [3.05, 3.63) is 108 Å². The lowest BCUT2D eigenvalue weighted by Gasteiger charge is -2.26. The second kappa shape index (κ2) is 6.80. The van der Waals surface area contributed by atoms with Crippen molar-refractivity contribution in [2.45, 2.75) is 0 Å². The maximum absolute atomic E-state index is 12.7. The minimum atomic E-state index is -3.92. The normalized spacial score (nSPS) is 19.3. The summed E-state index contributed by atoms with van der Waals surface area (Å²) in [6.07, 6.45) is 3.92. The molecule has 26 heavy (non-hydrogen) atoms. The third kappa shape index (κ3) is 3.15. The summed E-state index contributed by atoms with van der Waals surface area (Å²) in [5, 5.41) is 0.326. The second-order valence-electron chi connectivity index (χ2n) is 5.98. The smallest absolute Gasteiger partial charge is 0.408 e. The van der Waals surface area contributed by atoms with Crippen LogP contribution in [-0.2, 0) is 9.09 Å². The summed E-state index contributed by atoms with van der Waals surface area (Å²) in [5.74, 6) is 0.419. The third-order valence-corrected chi connectivity index (χ3v) is 5.67. The lowest BCUT2D eigenvalue weighted by atomic mass is 9.99. The molecule has 0 fully saturated rings. The van der Waals surface area contributed by atoms with Gasteiger partial charge in [0, 0.05) is 16.7 Å². The average molecular weight is 360 g/mol. The molecule has 4 rings (SSSR count). The summed E-state index contributed by atoms with van der Waals surface area (Å²) in [6.45, 7) is 0. The standard InChI is InChI=1S/C22H17O3P/c23-26(24)21-14-8-7-13-19(21)20(16-15-17-9-3-1-4-10-17)22(25-26)18-11-5-2-6-12-18/h1-16H,(H,23,24)/b16-15+. The van der Waals surface area contributed by atoms with Crippen molar-refractivity contribution < 1.29 is 14.0 Å². The highest BCUT2D eigenvalue weighted by Crippen LogP contribution is 2.52. The molecule has 0 spiro atoms. The van der Waals surface area contributed by atoms with Gasteiger partial charge in [-0.3, -0.25) is 0 Å². The molecule has 1 N–H and O–H groups in total. The van der Waals surface area contributed by atoms with Crippen molar-refractivity contribution in [2.75, 3.05) is 0 Å². The quantitative estimate of drug-likeness (QED) is 0.660. The molecule has 3 nitrogen and oxygen atoms in total. The van der Waals surface area contributed by atoms with Crippen LogP contribution in [0.2, 0.25) is 0 Å². The largest absolute Gasteiger partial charge is 0.420 e. The summed E-state index contributed by atoms with van der Waals surface area (Å²) >= 11 is 0. The van der Waals surface area contributed by atoms with Crippen molar-refractivity contribution in [3.8, 4) is 0 Å². The Morgan fingerprint density at radius 1 is 0.769 bits per heavy atom. The van der Waals surface area contributed by atoms with Crippen LogP contribution < -0.4 is 5.30 Å². The van der Waals surface area contributed by atoms with Gasteiger partial charge in [-0.05, 0) is 17.7 Å². The Morgan fingerprint density at radius 3 is 2.12 bits per heavy atom. The predicted octanol–water partition coefficient (Wildman–Crippen LogP) is 5.11. The Kier molecular flexibility index (Phi) is 4.34. The fourth-order valence-electron chi connectivity index (χ4n) is 3.00. The lowest BCUT2D eigenvalue weighted by molar-refractivity contribution is 0.375. The molecular formula is C22H17O3P. The monoisotopic (exact) mass is 360 g/mol. The first kappa shape index (κ1) is 16.6. The molecule has 4 heteroatoms. The van der Waals surface area contributed by atoms with Crippen LogP contribution in [0.15, 0.2) is 91.0 Å². The zero-order valence-electron chi connectivity index (χ0n) is 13.9. The van der Waals surface area contributed by atoms with Crippen LogP contribution in [0.25, 0.3) is 17.4 Å². The molecule has 0 bridgehead atoms. The fourth-order valence-corrected chi connectivity index (χ4v) is 4.32. The number of allylic oxidation sites excluding steroid dienone is 2. The summed E-state index contributed by atoms with van der Waals surface area (Å²) < 4.78 is 18.4. The number of rotatable bonds is 3. The van der Waals surface area contributed by atoms with Crippen LogP contribution in [0.3, 0.4) is 0 Å². The molecular weight excluding hydrogens is 343 g/mol. The van der Waals surface area contributed by atoms with Gasteiger partial charge in [0.05, 0.1) is 5.30 Å². The number of hydrogen-bond donors (Lipinski definition) is 1. The third-order valence-electron chi connectivity index (χ3n) is 4.24. The van der Waals surface area contributed by atoms with E-state index in [1.54, 1.807) is 12.1 Å². The number of fused-ring (bicyclic) bond motifs is 1. The van der Waals surface area contributed by atoms with Crippen LogP contribution in [-0.4, -0.2) is 4.89 Å². The Bertz CT molecular complexity index is 1040. The van der Waals surface area contributed by atoms with Gasteiger partial charge < -0.3 is 9.42 Å². The highest BCUT2D eigenvalue weighted by Gasteiger charge is 2.35. The topological polar surface area (TPSA) is 46.5 Å². The van der Waals surface area contributed by atoms with E-state index in [9.17, 15) is 9.46 Å². The number of hydrogen-bond acceptors (Lipinski definition) is 2. The minimum absolute atomic E-state index is 0.326. The highest BCUT2D eigenvalue weighted by molar-refractivity contribution is 7.61. The minimum Gasteiger partial charge on any atom is -0.420 e. The van der Waals surface area contributed by atoms with E-state index in [-0.39, 0.29) is 0 Å². The molecule has 1 aliphatic rings. The molecule has 1 unspecified atom stereocenters. The van der Waals surface area contributed by atoms with Crippen LogP contribution in [0.4, 0.5) is 0 Å². The van der Waals surface area contributed by atoms with Gasteiger partial charge in [0.2, 0.25) is 0 Å². The van der Waals surface area contributed by atoms with E-state index in [4.69, 9.17) is 4.52 Å². The molecule has 0 amide bonds. The van der Waals surface area contributed by atoms with Crippen molar-refractivity contribution >= 4 is 30.3 Å². The first-order valence-corrected chi connectivity index (χ1v) is 9.88. The molecule has 0 radical (unpaired) electrons. The fraction of sp³-hybridized carbons (Fsp3) is 0. The Balaban J connectivity index is 1.93. The Labute approximate surface area is 152 Å². The maximum atomic E-state index is 12.7. The van der Waals surface area contributed by atoms with E-state index in [0.717, 1.165) is 22.3 Å². The Hall–Kier alpha value is -2.87. The molecule has 0 aliphatic carbocycles. The number of benzene rings is 3. The van der Waals surface area contributed by atoms with Crippen molar-refractivity contribution in [3.63, 3.8) is 0 Å². The molecule has 128 valence electrons. The van der Waals surface area contributed by atoms with E-state index in [0.29, 0.717) is 11.1 Å². The van der Waals surface area contributed by atoms with E-state index in [1.807, 2.05) is 84.9 Å². The van der Waals surface area contributed by atoms with Gasteiger partial charge in [0.25, 0.3) is 0 Å². The molecule has 1 heterocycles. The van der Waals surface area contributed by atoms with Gasteiger partial charge in [-0.15, -0.1) is 0 Å². The zero-order chi connectivity index (χ0) is 18.0. The van der Waals surface area contributed by atoms with E-state index >= 15 is 0 Å². The second-order valence-corrected chi connectivity index (χ2v) is 7.69. The molecule has 0 aromatic heterocycles. The predicted molar refractivity (Wildman–Crippen MR) is 106 cm³/mol. The molecule has 0 saturated heterocycles. The van der Waals surface area contributed by atoms with Crippen molar-refractivity contribution in [1.29, 1.82) is 0 Å². The van der Waals surface area contributed by atoms with E-state index < -0.39 is 7.60 Å². The zero-order valence-corrected chi connectivity index (χ0v) is 14.8. The molecule has 1 atom stereocenters. The van der Waals surface area contributed by atoms with Gasteiger partial charge in [0.15, 0.2) is 0 Å². The van der Waals surface area contributed by atoms with Gasteiger partial charge in [0.1, 0.15) is 5.76 Å². The molecule has 0 saturated carbocycles. The molecule has 3 aromatic rings. The van der Waals surface area contributed by atoms with E-state index in [1.165, 1.54) is 0 Å². The van der Waals surface area contributed by atoms with Gasteiger partial charge in [-0.25, -0.2) is 4.57 Å². The molecule has 3 aromatic carbocycles. The maximum Gasteiger partial charge on any atom is 0.408 e. The van der Waals surface area contributed by atoms with Crippen LogP contribution in [0.1, 0.15) is 16.7 Å². The van der Waals surface area contributed by atoms with Crippen molar-refractivity contribution in [1.82, 2.24) is 0 Å². The van der Waals surface area contributed by atoms with Crippen LogP contribution in [0.5, 0.6) is 0 Å².